The number of carbonyl (C=O) groups excluding carboxylic acids is 2. The topological polar surface area (TPSA) is 231 Å². The number of rotatable bonds is 47. The van der Waals surface area contributed by atoms with Gasteiger partial charge < -0.3 is 64.2 Å². The number of unbranched alkanes of at least 4 members (excludes halogenated alkanes) is 29. The predicted octanol–water partition coefficient (Wildman–Crippen LogP) is 9.89. The number of carbonyl (C=O) groups is 2. The Hall–Kier alpha value is -2.02. The lowest BCUT2D eigenvalue weighted by Gasteiger charge is -2.42. The second-order valence-corrected chi connectivity index (χ2v) is 20.8. The van der Waals surface area contributed by atoms with E-state index in [1.165, 1.54) is 141 Å². The van der Waals surface area contributed by atoms with Gasteiger partial charge in [-0.2, -0.15) is 0 Å². The first-order valence-electron chi connectivity index (χ1n) is 29.4. The van der Waals surface area contributed by atoms with Crippen LogP contribution < -0.4 is 0 Å². The van der Waals surface area contributed by atoms with Crippen LogP contribution in [0.1, 0.15) is 239 Å². The van der Waals surface area contributed by atoms with Gasteiger partial charge in [-0.25, -0.2) is 0 Å². The molecule has 15 heteroatoms. The summed E-state index contributed by atoms with van der Waals surface area (Å²) in [5.74, 6) is -0.916. The number of hydrogen-bond acceptors (Lipinski definition) is 15. The zero-order valence-corrected chi connectivity index (χ0v) is 45.6. The molecule has 2 aliphatic rings. The van der Waals surface area contributed by atoms with E-state index in [4.69, 9.17) is 28.4 Å². The van der Waals surface area contributed by atoms with Crippen molar-refractivity contribution in [2.24, 2.45) is 0 Å². The Morgan fingerprint density at radius 3 is 1.30 bits per heavy atom. The average Bonchev–Trinajstić information content (AvgIpc) is 3.38. The molecule has 15 nitrogen and oxygen atoms in total. The molecule has 0 aromatic rings. The van der Waals surface area contributed by atoms with Crippen LogP contribution in [0.15, 0.2) is 24.3 Å². The summed E-state index contributed by atoms with van der Waals surface area (Å²) in [5, 5.41) is 72.3. The Balaban J connectivity index is 1.75. The van der Waals surface area contributed by atoms with Crippen LogP contribution in [0.25, 0.3) is 0 Å². The highest BCUT2D eigenvalue weighted by Crippen LogP contribution is 2.27. The molecule has 0 aromatic heterocycles. The molecule has 0 bridgehead atoms. The second-order valence-electron chi connectivity index (χ2n) is 20.8. The van der Waals surface area contributed by atoms with Gasteiger partial charge in [-0.3, -0.25) is 9.59 Å². The van der Waals surface area contributed by atoms with Crippen LogP contribution >= 0.6 is 0 Å². The van der Waals surface area contributed by atoms with E-state index in [1.807, 2.05) is 0 Å². The third kappa shape index (κ3) is 32.4. The van der Waals surface area contributed by atoms with Gasteiger partial charge in [0.25, 0.3) is 0 Å². The van der Waals surface area contributed by atoms with Crippen LogP contribution in [0.3, 0.4) is 0 Å². The maximum atomic E-state index is 13.1. The molecule has 0 saturated carbocycles. The van der Waals surface area contributed by atoms with E-state index in [9.17, 15) is 45.3 Å². The van der Waals surface area contributed by atoms with E-state index in [1.54, 1.807) is 0 Å². The van der Waals surface area contributed by atoms with Crippen LogP contribution in [0.4, 0.5) is 0 Å². The van der Waals surface area contributed by atoms with Gasteiger partial charge in [-0.15, -0.1) is 0 Å². The molecule has 2 saturated heterocycles. The average molecular weight is 1040 g/mol. The van der Waals surface area contributed by atoms with Crippen molar-refractivity contribution in [3.05, 3.63) is 24.3 Å². The Labute approximate surface area is 441 Å². The van der Waals surface area contributed by atoms with E-state index >= 15 is 0 Å². The minimum Gasteiger partial charge on any atom is -0.462 e. The zero-order chi connectivity index (χ0) is 53.2. The maximum absolute atomic E-state index is 13.1. The van der Waals surface area contributed by atoms with Crippen molar-refractivity contribution < 1.29 is 73.8 Å². The van der Waals surface area contributed by atoms with Crippen LogP contribution in [0.5, 0.6) is 0 Å². The molecule has 0 amide bonds. The number of esters is 2. The molecule has 428 valence electrons. The van der Waals surface area contributed by atoms with Crippen molar-refractivity contribution in [1.29, 1.82) is 0 Å². The first kappa shape index (κ1) is 67.1. The highest BCUT2D eigenvalue weighted by Gasteiger charge is 2.47. The third-order valence-electron chi connectivity index (χ3n) is 14.2. The molecule has 4 unspecified atom stereocenters. The summed E-state index contributed by atoms with van der Waals surface area (Å²) in [6.45, 7) is 2.61. The SMILES string of the molecule is CCCCC/C=C/C/C=C/CCCCCCCCCCCC(=O)O[C@@H](COC(=O)CCCCCCCCCCCCCCCCCCCC)CO[C@@H]1O[C@H](CO[C@@H]2O[C@H](CO)[C@H](O)C(O)C2O)[C@H](O)C(O)C1O. The summed E-state index contributed by atoms with van der Waals surface area (Å²) in [6.07, 6.45) is 31.9. The van der Waals surface area contributed by atoms with Crippen molar-refractivity contribution in [3.63, 3.8) is 0 Å². The highest BCUT2D eigenvalue weighted by atomic mass is 16.7. The number of allylic oxidation sites excluding steroid dienone is 4. The Morgan fingerprint density at radius 1 is 0.438 bits per heavy atom. The zero-order valence-electron chi connectivity index (χ0n) is 45.6. The normalized spacial score (nSPS) is 24.9. The molecule has 0 spiro atoms. The van der Waals surface area contributed by atoms with Crippen LogP contribution in [-0.2, 0) is 38.0 Å². The van der Waals surface area contributed by atoms with Crippen LogP contribution in [0, 0.1) is 0 Å². The van der Waals surface area contributed by atoms with Gasteiger partial charge in [0.05, 0.1) is 19.8 Å². The van der Waals surface area contributed by atoms with E-state index in [0.717, 1.165) is 57.8 Å². The molecule has 2 heterocycles. The summed E-state index contributed by atoms with van der Waals surface area (Å²) >= 11 is 0. The minimum absolute atomic E-state index is 0.163. The molecular formula is C58H106O15. The summed E-state index contributed by atoms with van der Waals surface area (Å²) in [5.41, 5.74) is 0. The first-order chi connectivity index (χ1) is 35.5. The lowest BCUT2D eigenvalue weighted by molar-refractivity contribution is -0.332. The van der Waals surface area contributed by atoms with Crippen LogP contribution in [-0.4, -0.2) is 142 Å². The van der Waals surface area contributed by atoms with E-state index in [2.05, 4.69) is 38.2 Å². The van der Waals surface area contributed by atoms with Crippen LogP contribution in [0.2, 0.25) is 0 Å². The molecule has 0 aliphatic carbocycles. The number of aliphatic hydroxyl groups is 7. The summed E-state index contributed by atoms with van der Waals surface area (Å²) < 4.78 is 33.7. The molecule has 2 aliphatic heterocycles. The molecular weight excluding hydrogens is 937 g/mol. The molecule has 0 radical (unpaired) electrons. The number of aliphatic hydroxyl groups excluding tert-OH is 7. The van der Waals surface area contributed by atoms with Gasteiger partial charge in [0.15, 0.2) is 18.7 Å². The molecule has 2 rings (SSSR count). The van der Waals surface area contributed by atoms with Crippen molar-refractivity contribution in [2.75, 3.05) is 26.4 Å². The Morgan fingerprint density at radius 2 is 0.822 bits per heavy atom. The first-order valence-corrected chi connectivity index (χ1v) is 29.4. The summed E-state index contributed by atoms with van der Waals surface area (Å²) in [6, 6.07) is 0. The fourth-order valence-electron chi connectivity index (χ4n) is 9.37. The van der Waals surface area contributed by atoms with Crippen molar-refractivity contribution in [3.8, 4) is 0 Å². The number of hydrogen-bond donors (Lipinski definition) is 7. The quantitative estimate of drug-likeness (QED) is 0.0171. The van der Waals surface area contributed by atoms with E-state index in [-0.39, 0.29) is 26.1 Å². The predicted molar refractivity (Wildman–Crippen MR) is 284 cm³/mol. The maximum Gasteiger partial charge on any atom is 0.306 e. The minimum atomic E-state index is -1.76. The lowest BCUT2D eigenvalue weighted by Crippen LogP contribution is -2.61. The summed E-state index contributed by atoms with van der Waals surface area (Å²) in [4.78, 5) is 25.9. The smallest absolute Gasteiger partial charge is 0.306 e. The fraction of sp³-hybridized carbons (Fsp3) is 0.897. The molecule has 73 heavy (non-hydrogen) atoms. The Kier molecular flexibility index (Phi) is 41.4. The van der Waals surface area contributed by atoms with Gasteiger partial charge in [0.1, 0.15) is 55.4 Å². The second kappa shape index (κ2) is 45.0. The number of ether oxygens (including phenoxy) is 6. The van der Waals surface area contributed by atoms with E-state index in [0.29, 0.717) is 12.8 Å². The molecule has 7 N–H and O–H groups in total. The fourth-order valence-corrected chi connectivity index (χ4v) is 9.37. The van der Waals surface area contributed by atoms with E-state index < -0.39 is 92.7 Å². The standard InChI is InChI=1S/C58H106O15/c1-3-5-7-9-11-13-15-17-19-21-23-25-27-29-31-33-35-37-39-41-50(61)71-46(43-68-49(60)40-38-36-34-32-30-28-26-24-22-20-18-16-14-12-10-8-6-4-2)44-69-57-56(67)54(65)52(63)48(73-57)45-70-58-55(66)53(64)51(62)47(42-59)72-58/h11,13,17,19,46-48,51-59,62-67H,3-10,12,14-16,18,20-45H2,1-2H3/b13-11+,19-17+/t46-,47+,48+,51-,52-,53?,54?,55?,56?,57+,58+/m0/s1. The summed E-state index contributed by atoms with van der Waals surface area (Å²) in [7, 11) is 0. The largest absolute Gasteiger partial charge is 0.462 e. The van der Waals surface area contributed by atoms with Gasteiger partial charge in [-0.05, 0) is 44.9 Å². The lowest BCUT2D eigenvalue weighted by atomic mass is 9.98. The van der Waals surface area contributed by atoms with Crippen molar-refractivity contribution in [1.82, 2.24) is 0 Å². The Bertz CT molecular complexity index is 1360. The molecule has 0 aromatic carbocycles. The monoisotopic (exact) mass is 1040 g/mol. The van der Waals surface area contributed by atoms with Gasteiger partial charge in [0.2, 0.25) is 0 Å². The van der Waals surface area contributed by atoms with Crippen molar-refractivity contribution in [2.45, 2.75) is 306 Å². The van der Waals surface area contributed by atoms with Gasteiger partial charge in [0, 0.05) is 12.8 Å². The third-order valence-corrected chi connectivity index (χ3v) is 14.2. The molecule has 2 fully saturated rings. The highest BCUT2D eigenvalue weighted by molar-refractivity contribution is 5.70. The molecule has 11 atom stereocenters. The van der Waals surface area contributed by atoms with Gasteiger partial charge >= 0.3 is 11.9 Å². The van der Waals surface area contributed by atoms with Crippen molar-refractivity contribution >= 4 is 11.9 Å². The van der Waals surface area contributed by atoms with Gasteiger partial charge in [-0.1, -0.05) is 205 Å².